The molecule has 0 spiro atoms. The first-order valence-electron chi connectivity index (χ1n) is 3.89. The Morgan fingerprint density at radius 3 is 2.58 bits per heavy atom. The number of nitrogens with zero attached hydrogens (tertiary/aromatic N) is 3. The van der Waals surface area contributed by atoms with E-state index in [0.29, 0.717) is 5.92 Å². The van der Waals surface area contributed by atoms with Crippen molar-refractivity contribution in [3.8, 4) is 0 Å². The Kier molecular flexibility index (Phi) is 2.72. The van der Waals surface area contributed by atoms with Crippen molar-refractivity contribution < 1.29 is 0 Å². The molecule has 0 fully saturated rings. The molecule has 1 aromatic carbocycles. The zero-order chi connectivity index (χ0) is 8.97. The highest BCUT2D eigenvalue weighted by atomic mass is 15.1. The van der Waals surface area contributed by atoms with E-state index in [1.165, 1.54) is 0 Å². The lowest BCUT2D eigenvalue weighted by molar-refractivity contribution is 0.866. The number of hydrogen-bond acceptors (Lipinski definition) is 1. The van der Waals surface area contributed by atoms with Crippen molar-refractivity contribution in [1.82, 2.24) is 0 Å². The molecule has 12 heavy (non-hydrogen) atoms. The molecule has 3 nitrogen and oxygen atoms in total. The van der Waals surface area contributed by atoms with Crippen LogP contribution >= 0.6 is 0 Å². The molecule has 3 heteroatoms. The molecule has 0 bridgehead atoms. The fourth-order valence-electron chi connectivity index (χ4n) is 1.11. The Morgan fingerprint density at radius 2 is 2.00 bits per heavy atom. The first-order valence-corrected chi connectivity index (χ1v) is 3.89. The van der Waals surface area contributed by atoms with Crippen molar-refractivity contribution in [2.24, 2.45) is 5.11 Å². The van der Waals surface area contributed by atoms with Gasteiger partial charge in [-0.3, -0.25) is 0 Å². The molecule has 0 heterocycles. The van der Waals surface area contributed by atoms with E-state index in [2.05, 4.69) is 23.9 Å². The maximum absolute atomic E-state index is 8.28. The van der Waals surface area contributed by atoms with E-state index in [0.717, 1.165) is 11.3 Å². The topological polar surface area (TPSA) is 48.8 Å². The monoisotopic (exact) mass is 161 g/mol. The summed E-state index contributed by atoms with van der Waals surface area (Å²) in [4.78, 5) is 2.77. The van der Waals surface area contributed by atoms with Gasteiger partial charge in [0.25, 0.3) is 0 Å². The molecule has 0 atom stereocenters. The van der Waals surface area contributed by atoms with Gasteiger partial charge >= 0.3 is 0 Å². The lowest BCUT2D eigenvalue weighted by atomic mass is 10.0. The van der Waals surface area contributed by atoms with Crippen LogP contribution in [0.2, 0.25) is 0 Å². The van der Waals surface area contributed by atoms with Crippen LogP contribution in [0.1, 0.15) is 25.3 Å². The molecule has 0 N–H and O–H groups in total. The molecule has 0 radical (unpaired) electrons. The second kappa shape index (κ2) is 3.79. The van der Waals surface area contributed by atoms with Crippen LogP contribution < -0.4 is 0 Å². The first-order chi connectivity index (χ1) is 5.75. The highest BCUT2D eigenvalue weighted by Crippen LogP contribution is 2.25. The zero-order valence-corrected chi connectivity index (χ0v) is 7.23. The summed E-state index contributed by atoms with van der Waals surface area (Å²) >= 11 is 0. The summed E-state index contributed by atoms with van der Waals surface area (Å²) in [5.74, 6) is 0.395. The maximum atomic E-state index is 8.28. The Bertz CT molecular complexity index is 311. The molecule has 0 saturated heterocycles. The van der Waals surface area contributed by atoms with Gasteiger partial charge in [-0.05, 0) is 17.0 Å². The average Bonchev–Trinajstić information content (AvgIpc) is 2.05. The van der Waals surface area contributed by atoms with Crippen LogP contribution in [0.5, 0.6) is 0 Å². The third kappa shape index (κ3) is 1.77. The molecule has 0 saturated carbocycles. The van der Waals surface area contributed by atoms with E-state index in [4.69, 9.17) is 5.53 Å². The SMILES string of the molecule is CC(C)c1ccccc1N=[N+]=[N-]. The summed E-state index contributed by atoms with van der Waals surface area (Å²) < 4.78 is 0. The Morgan fingerprint density at radius 1 is 1.33 bits per heavy atom. The lowest BCUT2D eigenvalue weighted by Gasteiger charge is -2.07. The second-order valence-electron chi connectivity index (χ2n) is 2.90. The molecule has 1 aromatic rings. The van der Waals surface area contributed by atoms with Crippen molar-refractivity contribution >= 4 is 5.69 Å². The fourth-order valence-corrected chi connectivity index (χ4v) is 1.11. The largest absolute Gasteiger partial charge is 0.0620 e. The van der Waals surface area contributed by atoms with Gasteiger partial charge in [-0.1, -0.05) is 43.2 Å². The third-order valence-electron chi connectivity index (χ3n) is 1.71. The van der Waals surface area contributed by atoms with Crippen LogP contribution in [0.25, 0.3) is 10.4 Å². The van der Waals surface area contributed by atoms with Crippen LogP contribution in [0.3, 0.4) is 0 Å². The van der Waals surface area contributed by atoms with Gasteiger partial charge in [0, 0.05) is 10.6 Å². The van der Waals surface area contributed by atoms with Crippen LogP contribution in [0.15, 0.2) is 29.4 Å². The van der Waals surface area contributed by atoms with E-state index in [1.807, 2.05) is 24.3 Å². The minimum atomic E-state index is 0.395. The third-order valence-corrected chi connectivity index (χ3v) is 1.71. The van der Waals surface area contributed by atoms with E-state index in [9.17, 15) is 0 Å². The molecule has 0 aliphatic rings. The minimum Gasteiger partial charge on any atom is -0.0620 e. The van der Waals surface area contributed by atoms with Crippen molar-refractivity contribution in [2.45, 2.75) is 19.8 Å². The van der Waals surface area contributed by atoms with Gasteiger partial charge in [-0.25, -0.2) is 0 Å². The molecular formula is C9H11N3. The second-order valence-corrected chi connectivity index (χ2v) is 2.90. The van der Waals surface area contributed by atoms with E-state index >= 15 is 0 Å². The molecule has 0 amide bonds. The van der Waals surface area contributed by atoms with Crippen LogP contribution in [0.4, 0.5) is 5.69 Å². The quantitative estimate of drug-likeness (QED) is 0.360. The van der Waals surface area contributed by atoms with Crippen LogP contribution in [0, 0.1) is 0 Å². The van der Waals surface area contributed by atoms with Gasteiger partial charge in [-0.15, -0.1) is 0 Å². The first kappa shape index (κ1) is 8.62. The standard InChI is InChI=1S/C9H11N3/c1-7(2)8-5-3-4-6-9(8)11-12-10/h3-7H,1-2H3. The van der Waals surface area contributed by atoms with Crippen molar-refractivity contribution in [2.75, 3.05) is 0 Å². The summed E-state index contributed by atoms with van der Waals surface area (Å²) in [6, 6.07) is 7.63. The zero-order valence-electron chi connectivity index (χ0n) is 7.23. The van der Waals surface area contributed by atoms with Gasteiger partial charge in [0.15, 0.2) is 0 Å². The van der Waals surface area contributed by atoms with Gasteiger partial charge < -0.3 is 0 Å². The van der Waals surface area contributed by atoms with E-state index in [1.54, 1.807) is 0 Å². The highest BCUT2D eigenvalue weighted by molar-refractivity contribution is 5.47. The Labute approximate surface area is 71.7 Å². The predicted molar refractivity (Wildman–Crippen MR) is 49.3 cm³/mol. The summed E-state index contributed by atoms with van der Waals surface area (Å²) in [6.45, 7) is 4.15. The van der Waals surface area contributed by atoms with Gasteiger partial charge in [0.05, 0.1) is 0 Å². The molecule has 0 aliphatic carbocycles. The molecule has 62 valence electrons. The van der Waals surface area contributed by atoms with Crippen molar-refractivity contribution in [3.05, 3.63) is 40.3 Å². The summed E-state index contributed by atoms with van der Waals surface area (Å²) in [5, 5.41) is 3.61. The molecule has 0 aromatic heterocycles. The predicted octanol–water partition coefficient (Wildman–Crippen LogP) is 3.75. The van der Waals surface area contributed by atoms with Gasteiger partial charge in [0.1, 0.15) is 0 Å². The number of rotatable bonds is 2. The Hall–Kier alpha value is -1.47. The molecule has 0 aliphatic heterocycles. The molecule has 1 rings (SSSR count). The molecule has 0 unspecified atom stereocenters. The number of hydrogen-bond donors (Lipinski definition) is 0. The van der Waals surface area contributed by atoms with Crippen molar-refractivity contribution in [1.29, 1.82) is 0 Å². The lowest BCUT2D eigenvalue weighted by Crippen LogP contribution is -1.85. The normalized spacial score (nSPS) is 9.58. The van der Waals surface area contributed by atoms with Crippen LogP contribution in [-0.4, -0.2) is 0 Å². The minimum absolute atomic E-state index is 0.395. The summed E-state index contributed by atoms with van der Waals surface area (Å²) in [5.41, 5.74) is 10.1. The molecular weight excluding hydrogens is 150 g/mol. The highest BCUT2D eigenvalue weighted by Gasteiger charge is 2.02. The Balaban J connectivity index is 3.17. The van der Waals surface area contributed by atoms with Crippen LogP contribution in [-0.2, 0) is 0 Å². The fraction of sp³-hybridized carbons (Fsp3) is 0.333. The number of azide groups is 1. The summed E-state index contributed by atoms with van der Waals surface area (Å²) in [7, 11) is 0. The smallest absolute Gasteiger partial charge is 0.0409 e. The van der Waals surface area contributed by atoms with E-state index in [-0.39, 0.29) is 0 Å². The maximum Gasteiger partial charge on any atom is 0.0409 e. The van der Waals surface area contributed by atoms with Gasteiger partial charge in [-0.2, -0.15) is 0 Å². The number of benzene rings is 1. The average molecular weight is 161 g/mol. The van der Waals surface area contributed by atoms with Crippen molar-refractivity contribution in [3.63, 3.8) is 0 Å². The van der Waals surface area contributed by atoms with Gasteiger partial charge in [0.2, 0.25) is 0 Å². The van der Waals surface area contributed by atoms with E-state index < -0.39 is 0 Å². The summed E-state index contributed by atoms with van der Waals surface area (Å²) in [6.07, 6.45) is 0.